The summed E-state index contributed by atoms with van der Waals surface area (Å²) in [5.74, 6) is -0.314. The molecule has 2 fully saturated rings. The van der Waals surface area contributed by atoms with E-state index < -0.39 is 23.3 Å². The average Bonchev–Trinajstić information content (AvgIpc) is 3.49. The van der Waals surface area contributed by atoms with Gasteiger partial charge in [-0.25, -0.2) is 4.79 Å². The van der Waals surface area contributed by atoms with Crippen LogP contribution < -0.4 is 15.5 Å². The Kier molecular flexibility index (Phi) is 6.10. The minimum atomic E-state index is -4.66. The minimum absolute atomic E-state index is 0.0628. The van der Waals surface area contributed by atoms with Crippen LogP contribution in [-0.4, -0.2) is 54.6 Å². The summed E-state index contributed by atoms with van der Waals surface area (Å²) in [5.41, 5.74) is -1.21. The van der Waals surface area contributed by atoms with E-state index in [2.05, 4.69) is 10.6 Å². The molecule has 0 aromatic heterocycles. The monoisotopic (exact) mass is 423 g/mol. The molecule has 0 bridgehead atoms. The number of amides is 3. The van der Waals surface area contributed by atoms with Gasteiger partial charge in [-0.05, 0) is 44.9 Å². The van der Waals surface area contributed by atoms with E-state index in [1.54, 1.807) is 11.0 Å². The summed E-state index contributed by atoms with van der Waals surface area (Å²) >= 11 is 0. The maximum Gasteiger partial charge on any atom is 0.417 e. The van der Waals surface area contributed by atoms with Gasteiger partial charge in [-0.3, -0.25) is 4.79 Å². The van der Waals surface area contributed by atoms with Gasteiger partial charge in [0.25, 0.3) is 0 Å². The van der Waals surface area contributed by atoms with E-state index in [4.69, 9.17) is 5.26 Å². The van der Waals surface area contributed by atoms with E-state index in [-0.39, 0.29) is 49.3 Å². The Morgan fingerprint density at radius 2 is 1.93 bits per heavy atom. The third-order valence-electron chi connectivity index (χ3n) is 5.07. The van der Waals surface area contributed by atoms with Crippen LogP contribution in [0.4, 0.5) is 23.7 Å². The Balaban J connectivity index is 1.85. The number of nitrogens with one attached hydrogen (secondary N) is 2. The van der Waals surface area contributed by atoms with E-state index >= 15 is 0 Å². The summed E-state index contributed by atoms with van der Waals surface area (Å²) < 4.78 is 40.0. The van der Waals surface area contributed by atoms with Crippen molar-refractivity contribution in [1.82, 2.24) is 15.5 Å². The molecule has 1 saturated heterocycles. The molecule has 2 N–H and O–H groups in total. The van der Waals surface area contributed by atoms with Crippen LogP contribution in [0.2, 0.25) is 0 Å². The maximum absolute atomic E-state index is 13.3. The molecule has 1 unspecified atom stereocenters. The van der Waals surface area contributed by atoms with E-state index in [1.165, 1.54) is 11.0 Å². The van der Waals surface area contributed by atoms with Gasteiger partial charge < -0.3 is 20.4 Å². The summed E-state index contributed by atoms with van der Waals surface area (Å²) in [4.78, 5) is 28.4. The van der Waals surface area contributed by atoms with Crippen LogP contribution in [0.25, 0.3) is 0 Å². The van der Waals surface area contributed by atoms with E-state index in [1.807, 2.05) is 13.8 Å². The number of carbonyl (C=O) groups excluding carboxylic acids is 2. The molecule has 3 amide bonds. The molecule has 1 aliphatic carbocycles. The second kappa shape index (κ2) is 8.42. The molecule has 1 aromatic rings. The SMILES string of the molecule is CC(C)NC(=O)N1CCN(c2ccc(C#N)c(C(F)(F)F)c2)CC1C(=O)NC1CC1. The topological polar surface area (TPSA) is 88.5 Å². The predicted octanol–water partition coefficient (Wildman–Crippen LogP) is 2.46. The first kappa shape index (κ1) is 21.7. The van der Waals surface area contributed by atoms with Crippen molar-refractivity contribution in [2.75, 3.05) is 24.5 Å². The molecule has 30 heavy (non-hydrogen) atoms. The molecule has 10 heteroatoms. The van der Waals surface area contributed by atoms with Gasteiger partial charge in [0.2, 0.25) is 5.91 Å². The first-order valence-electron chi connectivity index (χ1n) is 9.84. The molecular formula is C20H24F3N5O2. The fourth-order valence-electron chi connectivity index (χ4n) is 3.40. The number of halogens is 3. The van der Waals surface area contributed by atoms with Crippen LogP contribution in [0.15, 0.2) is 18.2 Å². The van der Waals surface area contributed by atoms with Crippen LogP contribution in [-0.2, 0) is 11.0 Å². The fraction of sp³-hybridized carbons (Fsp3) is 0.550. The normalized spacial score (nSPS) is 19.4. The largest absolute Gasteiger partial charge is 0.417 e. The highest BCUT2D eigenvalue weighted by Gasteiger charge is 2.39. The van der Waals surface area contributed by atoms with Crippen molar-refractivity contribution in [1.29, 1.82) is 5.26 Å². The van der Waals surface area contributed by atoms with Crippen molar-refractivity contribution in [3.8, 4) is 6.07 Å². The van der Waals surface area contributed by atoms with Gasteiger partial charge in [-0.1, -0.05) is 0 Å². The number of alkyl halides is 3. The fourth-order valence-corrected chi connectivity index (χ4v) is 3.40. The average molecular weight is 423 g/mol. The number of nitrogens with zero attached hydrogens (tertiary/aromatic N) is 3. The van der Waals surface area contributed by atoms with Crippen molar-refractivity contribution in [3.63, 3.8) is 0 Å². The zero-order chi connectivity index (χ0) is 22.1. The summed E-state index contributed by atoms with van der Waals surface area (Å²) in [5, 5.41) is 14.6. The molecule has 2 aliphatic rings. The summed E-state index contributed by atoms with van der Waals surface area (Å²) in [6.45, 7) is 4.13. The highest BCUT2D eigenvalue weighted by Crippen LogP contribution is 2.35. The summed E-state index contributed by atoms with van der Waals surface area (Å²) in [6.07, 6.45) is -2.90. The zero-order valence-corrected chi connectivity index (χ0v) is 16.8. The lowest BCUT2D eigenvalue weighted by Gasteiger charge is -2.41. The van der Waals surface area contributed by atoms with Crippen LogP contribution in [0.3, 0.4) is 0 Å². The molecule has 3 rings (SSSR count). The lowest BCUT2D eigenvalue weighted by Crippen LogP contribution is -2.63. The van der Waals surface area contributed by atoms with Crippen LogP contribution in [0, 0.1) is 11.3 Å². The summed E-state index contributed by atoms with van der Waals surface area (Å²) in [6, 6.07) is 3.83. The Labute approximate surface area is 172 Å². The first-order chi connectivity index (χ1) is 14.1. The molecule has 1 saturated carbocycles. The smallest absolute Gasteiger partial charge is 0.367 e. The number of urea groups is 1. The molecule has 0 spiro atoms. The van der Waals surface area contributed by atoms with Crippen LogP contribution >= 0.6 is 0 Å². The number of rotatable bonds is 4. The molecule has 1 heterocycles. The third kappa shape index (κ3) is 4.96. The first-order valence-corrected chi connectivity index (χ1v) is 9.84. The van der Waals surface area contributed by atoms with Gasteiger partial charge in [0.15, 0.2) is 0 Å². The van der Waals surface area contributed by atoms with E-state index in [0.717, 1.165) is 25.0 Å². The van der Waals surface area contributed by atoms with Crippen molar-refractivity contribution in [2.24, 2.45) is 0 Å². The van der Waals surface area contributed by atoms with E-state index in [9.17, 15) is 22.8 Å². The number of carbonyl (C=O) groups is 2. The second-order valence-electron chi connectivity index (χ2n) is 7.88. The van der Waals surface area contributed by atoms with Gasteiger partial charge in [0.1, 0.15) is 6.04 Å². The molecular weight excluding hydrogens is 399 g/mol. The molecule has 7 nitrogen and oxygen atoms in total. The highest BCUT2D eigenvalue weighted by atomic mass is 19.4. The van der Waals surface area contributed by atoms with Crippen molar-refractivity contribution >= 4 is 17.6 Å². The zero-order valence-electron chi connectivity index (χ0n) is 16.8. The third-order valence-corrected chi connectivity index (χ3v) is 5.07. The Morgan fingerprint density at radius 3 is 2.50 bits per heavy atom. The number of benzene rings is 1. The van der Waals surface area contributed by atoms with Gasteiger partial charge in [-0.2, -0.15) is 18.4 Å². The van der Waals surface area contributed by atoms with Crippen molar-refractivity contribution < 1.29 is 22.8 Å². The van der Waals surface area contributed by atoms with Gasteiger partial charge in [-0.15, -0.1) is 0 Å². The standard InChI is InChI=1S/C20H24F3N5O2/c1-12(2)25-19(30)28-8-7-27(11-17(28)18(29)26-14-4-5-14)15-6-3-13(10-24)16(9-15)20(21,22)23/h3,6,9,12,14,17H,4-5,7-8,11H2,1-2H3,(H,25,30)(H,26,29). The lowest BCUT2D eigenvalue weighted by atomic mass is 10.0. The summed E-state index contributed by atoms with van der Waals surface area (Å²) in [7, 11) is 0. The maximum atomic E-state index is 13.3. The molecule has 0 radical (unpaired) electrons. The number of nitriles is 1. The minimum Gasteiger partial charge on any atom is -0.367 e. The number of hydrogen-bond donors (Lipinski definition) is 2. The molecule has 1 aromatic carbocycles. The second-order valence-corrected chi connectivity index (χ2v) is 7.88. The van der Waals surface area contributed by atoms with Crippen molar-refractivity contribution in [2.45, 2.75) is 51.0 Å². The molecule has 1 aliphatic heterocycles. The van der Waals surface area contributed by atoms with Crippen molar-refractivity contribution in [3.05, 3.63) is 29.3 Å². The van der Waals surface area contributed by atoms with Gasteiger partial charge in [0, 0.05) is 37.4 Å². The van der Waals surface area contributed by atoms with Gasteiger partial charge in [0.05, 0.1) is 17.2 Å². The number of piperazine rings is 1. The predicted molar refractivity (Wildman–Crippen MR) is 104 cm³/mol. The van der Waals surface area contributed by atoms with E-state index in [0.29, 0.717) is 0 Å². The quantitative estimate of drug-likeness (QED) is 0.779. The molecule has 162 valence electrons. The lowest BCUT2D eigenvalue weighted by molar-refractivity contribution is -0.137. The molecule has 1 atom stereocenters. The number of hydrogen-bond acceptors (Lipinski definition) is 4. The highest BCUT2D eigenvalue weighted by molar-refractivity contribution is 5.88. The Hall–Kier alpha value is -2.96. The number of anilines is 1. The van der Waals surface area contributed by atoms with Crippen LogP contribution in [0.1, 0.15) is 37.8 Å². The Bertz CT molecular complexity index is 861. The van der Waals surface area contributed by atoms with Gasteiger partial charge >= 0.3 is 12.2 Å². The Morgan fingerprint density at radius 1 is 1.23 bits per heavy atom. The van der Waals surface area contributed by atoms with Crippen LogP contribution in [0.5, 0.6) is 0 Å².